The van der Waals surface area contributed by atoms with Gasteiger partial charge in [-0.2, -0.15) is 0 Å². The number of amides is 1. The molecule has 0 aromatic heterocycles. The van der Waals surface area contributed by atoms with Gasteiger partial charge in [0.1, 0.15) is 5.82 Å². The largest absolute Gasteiger partial charge is 0.481 e. The first-order valence-corrected chi connectivity index (χ1v) is 8.23. The molecule has 1 saturated heterocycles. The van der Waals surface area contributed by atoms with Gasteiger partial charge in [0, 0.05) is 31.9 Å². The minimum Gasteiger partial charge on any atom is -0.481 e. The SMILES string of the molecule is O=C(O)C1CC=CCC1C(=O)N1CCN(c2ccc(F)cc2)CC1. The van der Waals surface area contributed by atoms with Gasteiger partial charge < -0.3 is 14.9 Å². The van der Waals surface area contributed by atoms with Crippen molar-refractivity contribution < 1.29 is 19.1 Å². The third-order valence-electron chi connectivity index (χ3n) is 4.85. The molecule has 0 radical (unpaired) electrons. The number of benzene rings is 1. The van der Waals surface area contributed by atoms with E-state index in [1.54, 1.807) is 17.0 Å². The third-order valence-corrected chi connectivity index (χ3v) is 4.85. The van der Waals surface area contributed by atoms with Crippen LogP contribution in [0.25, 0.3) is 0 Å². The summed E-state index contributed by atoms with van der Waals surface area (Å²) in [5.74, 6) is -2.33. The first kappa shape index (κ1) is 16.5. The Labute approximate surface area is 140 Å². The number of carbonyl (C=O) groups is 2. The first-order valence-electron chi connectivity index (χ1n) is 8.23. The highest BCUT2D eigenvalue weighted by atomic mass is 19.1. The highest BCUT2D eigenvalue weighted by Crippen LogP contribution is 2.28. The van der Waals surface area contributed by atoms with E-state index in [0.29, 0.717) is 39.0 Å². The molecule has 1 aromatic rings. The molecule has 128 valence electrons. The van der Waals surface area contributed by atoms with Crippen molar-refractivity contribution in [3.8, 4) is 0 Å². The first-order chi connectivity index (χ1) is 11.6. The Bertz CT molecular complexity index is 636. The molecule has 1 aliphatic heterocycles. The van der Waals surface area contributed by atoms with E-state index in [2.05, 4.69) is 4.90 Å². The van der Waals surface area contributed by atoms with E-state index in [1.807, 2.05) is 12.2 Å². The molecule has 1 N–H and O–H groups in total. The molecule has 0 saturated carbocycles. The average Bonchev–Trinajstić information content (AvgIpc) is 2.62. The van der Waals surface area contributed by atoms with E-state index < -0.39 is 17.8 Å². The lowest BCUT2D eigenvalue weighted by Gasteiger charge is -2.38. The number of hydrogen-bond acceptors (Lipinski definition) is 3. The summed E-state index contributed by atoms with van der Waals surface area (Å²) in [6.45, 7) is 2.45. The molecule has 3 rings (SSSR count). The van der Waals surface area contributed by atoms with Crippen LogP contribution in [0, 0.1) is 17.7 Å². The summed E-state index contributed by atoms with van der Waals surface area (Å²) in [6, 6.07) is 6.33. The van der Waals surface area contributed by atoms with Crippen molar-refractivity contribution in [2.45, 2.75) is 12.8 Å². The second-order valence-corrected chi connectivity index (χ2v) is 6.28. The zero-order chi connectivity index (χ0) is 17.1. The highest BCUT2D eigenvalue weighted by molar-refractivity contribution is 5.85. The minimum absolute atomic E-state index is 0.0643. The topological polar surface area (TPSA) is 60.9 Å². The number of carbonyl (C=O) groups excluding carboxylic acids is 1. The maximum Gasteiger partial charge on any atom is 0.307 e. The van der Waals surface area contributed by atoms with E-state index in [9.17, 15) is 19.1 Å². The van der Waals surface area contributed by atoms with Crippen molar-refractivity contribution in [1.29, 1.82) is 0 Å². The van der Waals surface area contributed by atoms with Crippen LogP contribution in [-0.2, 0) is 9.59 Å². The molecule has 6 heteroatoms. The smallest absolute Gasteiger partial charge is 0.307 e. The van der Waals surface area contributed by atoms with Crippen molar-refractivity contribution in [3.05, 3.63) is 42.2 Å². The Hall–Kier alpha value is -2.37. The summed E-state index contributed by atoms with van der Waals surface area (Å²) in [6.07, 6.45) is 4.65. The summed E-state index contributed by atoms with van der Waals surface area (Å²) in [5.41, 5.74) is 0.938. The number of allylic oxidation sites excluding steroid dienone is 2. The number of halogens is 1. The van der Waals surface area contributed by atoms with Crippen LogP contribution < -0.4 is 4.90 Å². The molecular weight excluding hydrogens is 311 g/mol. The molecule has 1 amide bonds. The van der Waals surface area contributed by atoms with Gasteiger partial charge in [-0.15, -0.1) is 0 Å². The molecule has 1 aliphatic carbocycles. The van der Waals surface area contributed by atoms with Crippen LogP contribution in [-0.4, -0.2) is 48.1 Å². The van der Waals surface area contributed by atoms with Crippen molar-refractivity contribution in [2.75, 3.05) is 31.1 Å². The van der Waals surface area contributed by atoms with Gasteiger partial charge >= 0.3 is 5.97 Å². The van der Waals surface area contributed by atoms with E-state index >= 15 is 0 Å². The average molecular weight is 332 g/mol. The van der Waals surface area contributed by atoms with Crippen LogP contribution in [0.3, 0.4) is 0 Å². The van der Waals surface area contributed by atoms with Gasteiger partial charge in [0.25, 0.3) is 0 Å². The fraction of sp³-hybridized carbons (Fsp3) is 0.444. The van der Waals surface area contributed by atoms with E-state index in [-0.39, 0.29) is 11.7 Å². The summed E-state index contributed by atoms with van der Waals surface area (Å²) in [7, 11) is 0. The summed E-state index contributed by atoms with van der Waals surface area (Å²) in [4.78, 5) is 28.0. The lowest BCUT2D eigenvalue weighted by atomic mass is 9.82. The Balaban J connectivity index is 1.61. The van der Waals surface area contributed by atoms with E-state index in [0.717, 1.165) is 5.69 Å². The van der Waals surface area contributed by atoms with Gasteiger partial charge in [0.15, 0.2) is 0 Å². The Kier molecular flexibility index (Phi) is 4.83. The molecule has 0 spiro atoms. The maximum atomic E-state index is 13.0. The molecule has 2 unspecified atom stereocenters. The fourth-order valence-electron chi connectivity index (χ4n) is 3.43. The van der Waals surface area contributed by atoms with Crippen LogP contribution in [0.5, 0.6) is 0 Å². The number of carboxylic acid groups (broad SMARTS) is 1. The van der Waals surface area contributed by atoms with Crippen molar-refractivity contribution in [1.82, 2.24) is 4.90 Å². The lowest BCUT2D eigenvalue weighted by Crippen LogP contribution is -2.52. The standard InChI is InChI=1S/C18H21FN2O3/c19-13-5-7-14(8-6-13)20-9-11-21(12-10-20)17(22)15-3-1-2-4-16(15)18(23)24/h1-2,5-8,15-16H,3-4,9-12H2,(H,23,24). The molecular formula is C18H21FN2O3. The number of piperazine rings is 1. The van der Waals surface area contributed by atoms with Crippen LogP contribution in [0.15, 0.2) is 36.4 Å². The zero-order valence-electron chi connectivity index (χ0n) is 13.4. The molecule has 1 heterocycles. The number of nitrogens with zero attached hydrogens (tertiary/aromatic N) is 2. The Morgan fingerprint density at radius 3 is 2.12 bits per heavy atom. The van der Waals surface area contributed by atoms with Crippen molar-refractivity contribution in [2.24, 2.45) is 11.8 Å². The van der Waals surface area contributed by atoms with Crippen LogP contribution in [0.4, 0.5) is 10.1 Å². The molecule has 1 fully saturated rings. The van der Waals surface area contributed by atoms with Gasteiger partial charge in [0.05, 0.1) is 11.8 Å². The predicted molar refractivity (Wildman–Crippen MR) is 88.2 cm³/mol. The van der Waals surface area contributed by atoms with Crippen LogP contribution in [0.1, 0.15) is 12.8 Å². The van der Waals surface area contributed by atoms with Gasteiger partial charge in [-0.1, -0.05) is 12.2 Å². The molecule has 1 aromatic carbocycles. The molecule has 5 nitrogen and oxygen atoms in total. The lowest BCUT2D eigenvalue weighted by molar-refractivity contribution is -0.150. The quantitative estimate of drug-likeness (QED) is 0.862. The molecule has 0 bridgehead atoms. The molecule has 24 heavy (non-hydrogen) atoms. The second kappa shape index (κ2) is 7.03. The molecule has 2 atom stereocenters. The number of aliphatic carboxylic acids is 1. The zero-order valence-corrected chi connectivity index (χ0v) is 13.4. The summed E-state index contributed by atoms with van der Waals surface area (Å²) < 4.78 is 13.0. The highest BCUT2D eigenvalue weighted by Gasteiger charge is 2.37. The van der Waals surface area contributed by atoms with Crippen LogP contribution in [0.2, 0.25) is 0 Å². The minimum atomic E-state index is -0.900. The van der Waals surface area contributed by atoms with E-state index in [1.165, 1.54) is 12.1 Å². The third kappa shape index (κ3) is 3.42. The van der Waals surface area contributed by atoms with E-state index in [4.69, 9.17) is 0 Å². The van der Waals surface area contributed by atoms with Crippen molar-refractivity contribution >= 4 is 17.6 Å². The summed E-state index contributed by atoms with van der Waals surface area (Å²) in [5, 5.41) is 9.33. The van der Waals surface area contributed by atoms with Crippen LogP contribution >= 0.6 is 0 Å². The monoisotopic (exact) mass is 332 g/mol. The second-order valence-electron chi connectivity index (χ2n) is 6.28. The normalized spacial score (nSPS) is 24.0. The van der Waals surface area contributed by atoms with Gasteiger partial charge in [0.2, 0.25) is 5.91 Å². The number of hydrogen-bond donors (Lipinski definition) is 1. The van der Waals surface area contributed by atoms with Gasteiger partial charge in [-0.05, 0) is 37.1 Å². The maximum absolute atomic E-state index is 13.0. The molecule has 2 aliphatic rings. The predicted octanol–water partition coefficient (Wildman–Crippen LogP) is 2.14. The number of carboxylic acids is 1. The fourth-order valence-corrected chi connectivity index (χ4v) is 3.43. The van der Waals surface area contributed by atoms with Crippen molar-refractivity contribution in [3.63, 3.8) is 0 Å². The Morgan fingerprint density at radius 1 is 0.958 bits per heavy atom. The Morgan fingerprint density at radius 2 is 1.54 bits per heavy atom. The number of anilines is 1. The summed E-state index contributed by atoms with van der Waals surface area (Å²) >= 11 is 0. The number of rotatable bonds is 3. The van der Waals surface area contributed by atoms with Gasteiger partial charge in [-0.3, -0.25) is 9.59 Å². The van der Waals surface area contributed by atoms with Gasteiger partial charge in [-0.25, -0.2) is 4.39 Å².